The van der Waals surface area contributed by atoms with Crippen molar-refractivity contribution in [2.75, 3.05) is 0 Å². The van der Waals surface area contributed by atoms with Crippen LogP contribution >= 0.6 is 0 Å². The zero-order valence-electron chi connectivity index (χ0n) is 13.4. The first-order chi connectivity index (χ1) is 8.50. The van der Waals surface area contributed by atoms with Gasteiger partial charge in [-0.15, -0.1) is 0 Å². The van der Waals surface area contributed by atoms with Crippen molar-refractivity contribution >= 4 is 11.8 Å². The van der Waals surface area contributed by atoms with Crippen molar-refractivity contribution in [2.45, 2.75) is 73.7 Å². The highest BCUT2D eigenvalue weighted by molar-refractivity contribution is 5.90. The van der Waals surface area contributed by atoms with E-state index in [0.29, 0.717) is 0 Å². The van der Waals surface area contributed by atoms with Crippen LogP contribution in [0, 0.1) is 11.3 Å². The van der Waals surface area contributed by atoms with Crippen LogP contribution in [-0.2, 0) is 19.1 Å². The molecule has 0 radical (unpaired) electrons. The Morgan fingerprint density at radius 3 is 1.74 bits per heavy atom. The van der Waals surface area contributed by atoms with Gasteiger partial charge in [0.2, 0.25) is 0 Å². The van der Waals surface area contributed by atoms with E-state index in [9.17, 15) is 9.59 Å². The van der Waals surface area contributed by atoms with Crippen LogP contribution in [0.2, 0.25) is 0 Å². The van der Waals surface area contributed by atoms with Crippen LogP contribution in [0.15, 0.2) is 0 Å². The lowest BCUT2D eigenvalue weighted by atomic mass is 9.76. The van der Waals surface area contributed by atoms with Gasteiger partial charge in [-0.05, 0) is 33.6 Å². The average Bonchev–Trinajstić information content (AvgIpc) is 2.26. The van der Waals surface area contributed by atoms with Crippen molar-refractivity contribution in [3.8, 4) is 0 Å². The largest absolute Gasteiger partial charge is 0.453 e. The number of hydrogen-bond donors (Lipinski definition) is 0. The van der Waals surface area contributed by atoms with Crippen LogP contribution in [0.1, 0.15) is 55.4 Å². The number of ketones is 1. The second kappa shape index (κ2) is 7.04. The van der Waals surface area contributed by atoms with Gasteiger partial charge in [-0.1, -0.05) is 27.7 Å². The van der Waals surface area contributed by atoms with E-state index in [1.165, 1.54) is 0 Å². The molecule has 0 aromatic carbocycles. The molecule has 4 heteroatoms. The molecule has 112 valence electrons. The Morgan fingerprint density at radius 2 is 1.37 bits per heavy atom. The van der Waals surface area contributed by atoms with Gasteiger partial charge < -0.3 is 9.47 Å². The molecule has 0 aliphatic heterocycles. The first kappa shape index (κ1) is 18.1. The van der Waals surface area contributed by atoms with Crippen LogP contribution in [0.5, 0.6) is 0 Å². The second-order valence-electron chi connectivity index (χ2n) is 6.15. The quantitative estimate of drug-likeness (QED) is 0.669. The summed E-state index contributed by atoms with van der Waals surface area (Å²) >= 11 is 0. The Hall–Kier alpha value is -0.900. The Bertz CT molecular complexity index is 318. The van der Waals surface area contributed by atoms with Gasteiger partial charge in [0.05, 0.1) is 6.10 Å². The van der Waals surface area contributed by atoms with Gasteiger partial charge in [-0.25, -0.2) is 4.79 Å². The zero-order chi connectivity index (χ0) is 15.4. The van der Waals surface area contributed by atoms with Crippen molar-refractivity contribution in [3.05, 3.63) is 0 Å². The normalized spacial score (nSPS) is 15.5. The van der Waals surface area contributed by atoms with Crippen LogP contribution in [0.3, 0.4) is 0 Å². The molecule has 2 unspecified atom stereocenters. The van der Waals surface area contributed by atoms with Crippen molar-refractivity contribution in [2.24, 2.45) is 11.3 Å². The lowest BCUT2D eigenvalue weighted by Crippen LogP contribution is -2.40. The molecule has 4 nitrogen and oxygen atoms in total. The number of ether oxygens (including phenoxy) is 2. The molecule has 0 aliphatic carbocycles. The maximum absolute atomic E-state index is 12.3. The van der Waals surface area contributed by atoms with Crippen molar-refractivity contribution in [3.63, 3.8) is 0 Å². The number of esters is 1. The third-order valence-electron chi connectivity index (χ3n) is 3.55. The lowest BCUT2D eigenvalue weighted by molar-refractivity contribution is -0.169. The minimum absolute atomic E-state index is 0.0549. The van der Waals surface area contributed by atoms with Crippen molar-refractivity contribution in [1.29, 1.82) is 0 Å². The van der Waals surface area contributed by atoms with E-state index < -0.39 is 23.6 Å². The smallest absolute Gasteiger partial charge is 0.335 e. The molecule has 0 saturated heterocycles. The average molecular weight is 272 g/mol. The Labute approximate surface area is 116 Å². The lowest BCUT2D eigenvalue weighted by Gasteiger charge is -2.30. The Balaban J connectivity index is 4.57. The van der Waals surface area contributed by atoms with Crippen LogP contribution in [0.25, 0.3) is 0 Å². The molecule has 0 N–H and O–H groups in total. The number of carbonyl (C=O) groups excluding carboxylic acids is 2. The summed E-state index contributed by atoms with van der Waals surface area (Å²) in [4.78, 5) is 24.1. The molecular weight excluding hydrogens is 244 g/mol. The maximum atomic E-state index is 12.3. The molecule has 0 aliphatic rings. The number of Topliss-reactive ketones (excluding diaryl/α,β-unsaturated/α-hetero) is 1. The van der Waals surface area contributed by atoms with Crippen LogP contribution in [-0.4, -0.2) is 30.1 Å². The molecule has 0 aromatic heterocycles. The first-order valence-corrected chi connectivity index (χ1v) is 6.90. The highest BCUT2D eigenvalue weighted by Crippen LogP contribution is 2.29. The van der Waals surface area contributed by atoms with E-state index in [-0.39, 0.29) is 17.8 Å². The molecular formula is C15H28O4. The molecule has 0 aromatic rings. The number of hydrogen-bond acceptors (Lipinski definition) is 4. The summed E-state index contributed by atoms with van der Waals surface area (Å²) < 4.78 is 10.5. The SMILES string of the molecule is CC(C)OC(C)C(=O)OC(C)C(=O)C(C)(C)C(C)C. The third kappa shape index (κ3) is 5.31. The summed E-state index contributed by atoms with van der Waals surface area (Å²) in [5, 5.41) is 0. The molecule has 0 fully saturated rings. The van der Waals surface area contributed by atoms with Gasteiger partial charge in [0.25, 0.3) is 0 Å². The predicted molar refractivity (Wildman–Crippen MR) is 74.9 cm³/mol. The van der Waals surface area contributed by atoms with E-state index in [2.05, 4.69) is 0 Å². The fourth-order valence-electron chi connectivity index (χ4n) is 1.60. The first-order valence-electron chi connectivity index (χ1n) is 6.90. The predicted octanol–water partition coefficient (Wildman–Crippen LogP) is 2.98. The maximum Gasteiger partial charge on any atom is 0.335 e. The van der Waals surface area contributed by atoms with Crippen molar-refractivity contribution < 1.29 is 19.1 Å². The molecule has 0 amide bonds. The van der Waals surface area contributed by atoms with Gasteiger partial charge in [-0.2, -0.15) is 0 Å². The minimum atomic E-state index is -0.747. The summed E-state index contributed by atoms with van der Waals surface area (Å²) in [6, 6.07) is 0. The van der Waals surface area contributed by atoms with E-state index >= 15 is 0 Å². The highest BCUT2D eigenvalue weighted by Gasteiger charge is 2.36. The summed E-state index contributed by atoms with van der Waals surface area (Å²) in [7, 11) is 0. The van der Waals surface area contributed by atoms with Gasteiger partial charge in [0, 0.05) is 5.41 Å². The summed E-state index contributed by atoms with van der Waals surface area (Å²) in [6.45, 7) is 14.7. The van der Waals surface area contributed by atoms with Gasteiger partial charge in [0.1, 0.15) is 0 Å². The Morgan fingerprint density at radius 1 is 0.895 bits per heavy atom. The molecule has 0 rings (SSSR count). The van der Waals surface area contributed by atoms with E-state index in [1.54, 1.807) is 13.8 Å². The van der Waals surface area contributed by atoms with Gasteiger partial charge in [-0.3, -0.25) is 4.79 Å². The highest BCUT2D eigenvalue weighted by atomic mass is 16.6. The third-order valence-corrected chi connectivity index (χ3v) is 3.55. The number of carbonyl (C=O) groups is 2. The van der Waals surface area contributed by atoms with Gasteiger partial charge in [0.15, 0.2) is 18.0 Å². The standard InChI is InChI=1S/C15H28O4/c1-9(2)15(7,8)13(16)11(5)19-14(17)12(6)18-10(3)4/h9-12H,1-8H3. The fourth-order valence-corrected chi connectivity index (χ4v) is 1.60. The minimum Gasteiger partial charge on any atom is -0.453 e. The topological polar surface area (TPSA) is 52.6 Å². The molecule has 0 bridgehead atoms. The van der Waals surface area contributed by atoms with Crippen molar-refractivity contribution in [1.82, 2.24) is 0 Å². The Kier molecular flexibility index (Phi) is 6.70. The molecule has 2 atom stereocenters. The van der Waals surface area contributed by atoms with Crippen LogP contribution < -0.4 is 0 Å². The summed E-state index contributed by atoms with van der Waals surface area (Å²) in [5.41, 5.74) is -0.512. The van der Waals surface area contributed by atoms with E-state index in [4.69, 9.17) is 9.47 Å². The summed E-state index contributed by atoms with van der Waals surface area (Å²) in [6.07, 6.45) is -1.46. The molecule has 0 heterocycles. The second-order valence-corrected chi connectivity index (χ2v) is 6.15. The zero-order valence-corrected chi connectivity index (χ0v) is 13.4. The molecule has 0 saturated carbocycles. The fraction of sp³-hybridized carbons (Fsp3) is 0.867. The number of rotatable bonds is 7. The van der Waals surface area contributed by atoms with E-state index in [1.807, 2.05) is 41.5 Å². The van der Waals surface area contributed by atoms with Crippen LogP contribution in [0.4, 0.5) is 0 Å². The van der Waals surface area contributed by atoms with Gasteiger partial charge >= 0.3 is 5.97 Å². The van der Waals surface area contributed by atoms with E-state index in [0.717, 1.165) is 0 Å². The molecule has 0 spiro atoms. The molecule has 19 heavy (non-hydrogen) atoms. The monoisotopic (exact) mass is 272 g/mol. The summed E-state index contributed by atoms with van der Waals surface area (Å²) in [5.74, 6) is -0.368.